The number of amides is 1. The Kier molecular flexibility index (Phi) is 3.64. The van der Waals surface area contributed by atoms with Gasteiger partial charge in [-0.25, -0.2) is 4.18 Å². The lowest BCUT2D eigenvalue weighted by molar-refractivity contribution is -0.132. The van der Waals surface area contributed by atoms with Gasteiger partial charge in [-0.1, -0.05) is 24.6 Å². The van der Waals surface area contributed by atoms with Gasteiger partial charge in [0.05, 0.1) is 4.90 Å². The van der Waals surface area contributed by atoms with Gasteiger partial charge in [-0.05, 0) is 19.1 Å². The standard InChI is InChI=1S/C13H17NO4S/c1-9-4-6-11(7-5-9)19(16,17)18-12-8-10(2)13(15)14(12)3/h4-7,10,12H,8H2,1-3H3. The lowest BCUT2D eigenvalue weighted by Crippen LogP contribution is -2.33. The lowest BCUT2D eigenvalue weighted by Gasteiger charge is -2.19. The highest BCUT2D eigenvalue weighted by molar-refractivity contribution is 7.86. The molecule has 1 aliphatic rings. The van der Waals surface area contributed by atoms with E-state index in [9.17, 15) is 13.2 Å². The number of likely N-dealkylation sites (tertiary alicyclic amines) is 1. The summed E-state index contributed by atoms with van der Waals surface area (Å²) < 4.78 is 29.4. The fourth-order valence-electron chi connectivity index (χ4n) is 2.06. The summed E-state index contributed by atoms with van der Waals surface area (Å²) in [6.07, 6.45) is -0.325. The molecule has 1 heterocycles. The normalized spacial score (nSPS) is 23.9. The second-order valence-electron chi connectivity index (χ2n) is 4.90. The van der Waals surface area contributed by atoms with Crippen LogP contribution in [-0.4, -0.2) is 32.5 Å². The van der Waals surface area contributed by atoms with Crippen LogP contribution in [0.15, 0.2) is 29.2 Å². The molecular formula is C13H17NO4S. The molecular weight excluding hydrogens is 266 g/mol. The second kappa shape index (κ2) is 4.94. The quantitative estimate of drug-likeness (QED) is 0.789. The Morgan fingerprint density at radius 2 is 1.84 bits per heavy atom. The molecule has 0 saturated carbocycles. The van der Waals surface area contributed by atoms with Crippen molar-refractivity contribution in [1.82, 2.24) is 4.90 Å². The van der Waals surface area contributed by atoms with Gasteiger partial charge in [0.25, 0.3) is 10.1 Å². The summed E-state index contributed by atoms with van der Waals surface area (Å²) in [6.45, 7) is 3.64. The molecule has 2 atom stereocenters. The summed E-state index contributed by atoms with van der Waals surface area (Å²) in [5.74, 6) is -0.299. The van der Waals surface area contributed by atoms with E-state index in [2.05, 4.69) is 0 Å². The Bertz CT molecular complexity index is 579. The first-order chi connectivity index (χ1) is 8.81. The van der Waals surface area contributed by atoms with Crippen molar-refractivity contribution in [1.29, 1.82) is 0 Å². The molecule has 1 aromatic carbocycles. The van der Waals surface area contributed by atoms with Crippen LogP contribution in [-0.2, 0) is 19.1 Å². The number of carbonyl (C=O) groups excluding carboxylic acids is 1. The van der Waals surface area contributed by atoms with Gasteiger partial charge in [0.1, 0.15) is 0 Å². The zero-order chi connectivity index (χ0) is 14.2. The van der Waals surface area contributed by atoms with Crippen molar-refractivity contribution >= 4 is 16.0 Å². The zero-order valence-corrected chi connectivity index (χ0v) is 12.0. The van der Waals surface area contributed by atoms with Crippen LogP contribution in [0.2, 0.25) is 0 Å². The van der Waals surface area contributed by atoms with Crippen LogP contribution >= 0.6 is 0 Å². The molecule has 6 heteroatoms. The third-order valence-corrected chi connectivity index (χ3v) is 4.63. The first-order valence-corrected chi connectivity index (χ1v) is 7.49. The Morgan fingerprint density at radius 1 is 1.26 bits per heavy atom. The van der Waals surface area contributed by atoms with Gasteiger partial charge in [0.15, 0.2) is 6.23 Å². The van der Waals surface area contributed by atoms with Gasteiger partial charge < -0.3 is 4.90 Å². The zero-order valence-electron chi connectivity index (χ0n) is 11.2. The number of hydrogen-bond donors (Lipinski definition) is 0. The average molecular weight is 283 g/mol. The molecule has 0 radical (unpaired) electrons. The minimum atomic E-state index is -3.83. The maximum atomic E-state index is 12.1. The lowest BCUT2D eigenvalue weighted by atomic mass is 10.1. The number of aryl methyl sites for hydroxylation is 1. The summed E-state index contributed by atoms with van der Waals surface area (Å²) in [4.78, 5) is 13.1. The van der Waals surface area contributed by atoms with E-state index in [-0.39, 0.29) is 16.7 Å². The van der Waals surface area contributed by atoms with E-state index in [1.165, 1.54) is 17.0 Å². The fraction of sp³-hybridized carbons (Fsp3) is 0.462. The number of benzene rings is 1. The summed E-state index contributed by atoms with van der Waals surface area (Å²) in [5, 5.41) is 0. The van der Waals surface area contributed by atoms with Crippen molar-refractivity contribution in [3.8, 4) is 0 Å². The van der Waals surface area contributed by atoms with Crippen LogP contribution in [0.5, 0.6) is 0 Å². The largest absolute Gasteiger partial charge is 0.318 e. The second-order valence-corrected chi connectivity index (χ2v) is 6.48. The Hall–Kier alpha value is -1.40. The maximum absolute atomic E-state index is 12.1. The van der Waals surface area contributed by atoms with Gasteiger partial charge in [-0.15, -0.1) is 0 Å². The molecule has 104 valence electrons. The minimum absolute atomic E-state index is 0.0934. The van der Waals surface area contributed by atoms with E-state index < -0.39 is 16.3 Å². The predicted octanol–water partition coefficient (Wildman–Crippen LogP) is 1.52. The van der Waals surface area contributed by atoms with Crippen LogP contribution in [0.1, 0.15) is 18.9 Å². The third kappa shape index (κ3) is 2.79. The topological polar surface area (TPSA) is 63.7 Å². The van der Waals surface area contributed by atoms with E-state index in [1.807, 2.05) is 6.92 Å². The predicted molar refractivity (Wildman–Crippen MR) is 69.8 cm³/mol. The molecule has 1 aromatic rings. The summed E-state index contributed by atoms with van der Waals surface area (Å²) in [5.41, 5.74) is 0.973. The minimum Gasteiger partial charge on any atom is -0.318 e. The van der Waals surface area contributed by atoms with Crippen molar-refractivity contribution in [3.05, 3.63) is 29.8 Å². The van der Waals surface area contributed by atoms with Crippen molar-refractivity contribution in [2.24, 2.45) is 5.92 Å². The Balaban J connectivity index is 2.18. The van der Waals surface area contributed by atoms with Gasteiger partial charge in [-0.3, -0.25) is 4.79 Å². The number of nitrogens with zero attached hydrogens (tertiary/aromatic N) is 1. The van der Waals surface area contributed by atoms with E-state index in [1.54, 1.807) is 26.1 Å². The van der Waals surface area contributed by atoms with Crippen molar-refractivity contribution in [2.75, 3.05) is 7.05 Å². The molecule has 0 aromatic heterocycles. The highest BCUT2D eigenvalue weighted by Gasteiger charge is 2.38. The van der Waals surface area contributed by atoms with Crippen molar-refractivity contribution in [3.63, 3.8) is 0 Å². The van der Waals surface area contributed by atoms with Crippen LogP contribution in [0.25, 0.3) is 0 Å². The van der Waals surface area contributed by atoms with E-state index >= 15 is 0 Å². The fourth-order valence-corrected chi connectivity index (χ4v) is 3.14. The molecule has 1 saturated heterocycles. The van der Waals surface area contributed by atoms with Crippen LogP contribution in [0, 0.1) is 12.8 Å². The molecule has 2 rings (SSSR count). The highest BCUT2D eigenvalue weighted by atomic mass is 32.2. The monoisotopic (exact) mass is 283 g/mol. The molecule has 1 fully saturated rings. The Morgan fingerprint density at radius 3 is 2.32 bits per heavy atom. The van der Waals surface area contributed by atoms with E-state index in [0.717, 1.165) is 5.56 Å². The first-order valence-electron chi connectivity index (χ1n) is 6.08. The Labute approximate surface area is 113 Å². The molecule has 19 heavy (non-hydrogen) atoms. The summed E-state index contributed by atoms with van der Waals surface area (Å²) >= 11 is 0. The van der Waals surface area contributed by atoms with Crippen molar-refractivity contribution < 1.29 is 17.4 Å². The van der Waals surface area contributed by atoms with Crippen LogP contribution in [0.4, 0.5) is 0 Å². The van der Waals surface area contributed by atoms with Gasteiger partial charge in [0, 0.05) is 19.4 Å². The summed E-state index contributed by atoms with van der Waals surface area (Å²) in [7, 11) is -2.28. The third-order valence-electron chi connectivity index (χ3n) is 3.30. The van der Waals surface area contributed by atoms with Gasteiger partial charge >= 0.3 is 0 Å². The molecule has 2 unspecified atom stereocenters. The van der Waals surface area contributed by atoms with Gasteiger partial charge in [-0.2, -0.15) is 8.42 Å². The van der Waals surface area contributed by atoms with Crippen LogP contribution in [0.3, 0.4) is 0 Å². The SMILES string of the molecule is Cc1ccc(S(=O)(=O)OC2CC(C)C(=O)N2C)cc1. The van der Waals surface area contributed by atoms with E-state index in [0.29, 0.717) is 6.42 Å². The number of carbonyl (C=O) groups is 1. The first kappa shape index (κ1) is 14.0. The molecule has 0 aliphatic carbocycles. The molecule has 0 N–H and O–H groups in total. The van der Waals surface area contributed by atoms with E-state index in [4.69, 9.17) is 4.18 Å². The number of rotatable bonds is 3. The smallest absolute Gasteiger partial charge is 0.298 e. The summed E-state index contributed by atoms with van der Waals surface area (Å²) in [6, 6.07) is 6.43. The molecule has 1 aliphatic heterocycles. The molecule has 0 spiro atoms. The average Bonchev–Trinajstić information content (AvgIpc) is 2.57. The van der Waals surface area contributed by atoms with Crippen molar-refractivity contribution in [2.45, 2.75) is 31.4 Å². The maximum Gasteiger partial charge on any atom is 0.298 e. The molecule has 5 nitrogen and oxygen atoms in total. The van der Waals surface area contributed by atoms with Crippen LogP contribution < -0.4 is 0 Å². The molecule has 0 bridgehead atoms. The van der Waals surface area contributed by atoms with Gasteiger partial charge in [0.2, 0.25) is 5.91 Å². The highest BCUT2D eigenvalue weighted by Crippen LogP contribution is 2.26. The molecule has 1 amide bonds. The number of hydrogen-bond acceptors (Lipinski definition) is 4.